The van der Waals surface area contributed by atoms with Crippen LogP contribution in [0.5, 0.6) is 11.6 Å². The smallest absolute Gasteiger partial charge is 0.272 e. The molecule has 0 atom stereocenters. The molecular weight excluding hydrogens is 340 g/mol. The van der Waals surface area contributed by atoms with Crippen LogP contribution in [0.2, 0.25) is 0 Å². The predicted octanol–water partition coefficient (Wildman–Crippen LogP) is 3.63. The number of aromatic amines is 1. The van der Waals surface area contributed by atoms with E-state index in [1.54, 1.807) is 6.20 Å². The zero-order valence-electron chi connectivity index (χ0n) is 15.5. The summed E-state index contributed by atoms with van der Waals surface area (Å²) in [7, 11) is 0. The van der Waals surface area contributed by atoms with Crippen LogP contribution in [0.15, 0.2) is 36.5 Å². The molecule has 2 aromatic heterocycles. The largest absolute Gasteiger partial charge is 0.438 e. The first-order valence-corrected chi connectivity index (χ1v) is 9.15. The van der Waals surface area contributed by atoms with Gasteiger partial charge in [-0.05, 0) is 50.3 Å². The number of H-pyrrole nitrogens is 1. The number of rotatable bonds is 5. The molecule has 27 heavy (non-hydrogen) atoms. The van der Waals surface area contributed by atoms with Gasteiger partial charge in [0.15, 0.2) is 5.69 Å². The van der Waals surface area contributed by atoms with E-state index in [1.807, 2.05) is 44.2 Å². The zero-order valence-corrected chi connectivity index (χ0v) is 15.5. The molecule has 6 heteroatoms. The summed E-state index contributed by atoms with van der Waals surface area (Å²) in [6.07, 6.45) is 4.63. The molecule has 138 valence electrons. The van der Waals surface area contributed by atoms with E-state index in [-0.39, 0.29) is 5.91 Å². The molecule has 0 unspecified atom stereocenters. The number of carbonyl (C=O) groups is 1. The minimum atomic E-state index is -0.170. The van der Waals surface area contributed by atoms with E-state index in [9.17, 15) is 4.79 Å². The van der Waals surface area contributed by atoms with E-state index >= 15 is 0 Å². The van der Waals surface area contributed by atoms with Crippen molar-refractivity contribution in [1.82, 2.24) is 20.5 Å². The standard InChI is InChI=1S/C21H22N4O2/c1-13-6-3-7-14(2)19(13)27-21-15(8-5-11-22-21)12-23-20(26)18-16-9-4-10-17(16)24-25-18/h3,5-8,11H,4,9-10,12H2,1-2H3,(H,23,26)(H,24,25). The molecule has 3 aromatic rings. The third kappa shape index (κ3) is 3.43. The molecule has 1 aliphatic carbocycles. The monoisotopic (exact) mass is 362 g/mol. The number of para-hydroxylation sites is 1. The quantitative estimate of drug-likeness (QED) is 0.726. The molecular formula is C21H22N4O2. The van der Waals surface area contributed by atoms with Gasteiger partial charge in [0.1, 0.15) is 5.75 Å². The third-order valence-corrected chi connectivity index (χ3v) is 4.92. The van der Waals surface area contributed by atoms with Gasteiger partial charge < -0.3 is 10.1 Å². The Labute approximate surface area is 158 Å². The summed E-state index contributed by atoms with van der Waals surface area (Å²) in [5.41, 5.74) is 5.54. The average molecular weight is 362 g/mol. The van der Waals surface area contributed by atoms with Gasteiger partial charge in [0.25, 0.3) is 5.91 Å². The van der Waals surface area contributed by atoms with Crippen molar-refractivity contribution < 1.29 is 9.53 Å². The number of aromatic nitrogens is 3. The fraction of sp³-hybridized carbons (Fsp3) is 0.286. The lowest BCUT2D eigenvalue weighted by atomic mass is 10.1. The topological polar surface area (TPSA) is 79.9 Å². The summed E-state index contributed by atoms with van der Waals surface area (Å²) >= 11 is 0. The minimum absolute atomic E-state index is 0.170. The summed E-state index contributed by atoms with van der Waals surface area (Å²) in [6, 6.07) is 9.76. The normalized spacial score (nSPS) is 12.7. The van der Waals surface area contributed by atoms with Crippen LogP contribution in [0.1, 0.15) is 44.9 Å². The number of ether oxygens (including phenoxy) is 1. The van der Waals surface area contributed by atoms with Gasteiger partial charge >= 0.3 is 0 Å². The summed E-state index contributed by atoms with van der Waals surface area (Å²) in [4.78, 5) is 16.9. The lowest BCUT2D eigenvalue weighted by Crippen LogP contribution is -2.24. The minimum Gasteiger partial charge on any atom is -0.438 e. The van der Waals surface area contributed by atoms with Crippen molar-refractivity contribution in [1.29, 1.82) is 0 Å². The van der Waals surface area contributed by atoms with E-state index in [2.05, 4.69) is 20.5 Å². The SMILES string of the molecule is Cc1cccc(C)c1Oc1ncccc1CNC(=O)c1n[nH]c2c1CCC2. The number of benzene rings is 1. The number of aryl methyl sites for hydroxylation is 3. The van der Waals surface area contributed by atoms with Crippen LogP contribution >= 0.6 is 0 Å². The van der Waals surface area contributed by atoms with Crippen molar-refractivity contribution in [3.05, 3.63) is 70.2 Å². The van der Waals surface area contributed by atoms with E-state index < -0.39 is 0 Å². The van der Waals surface area contributed by atoms with E-state index in [4.69, 9.17) is 4.74 Å². The van der Waals surface area contributed by atoms with Crippen LogP contribution in [0, 0.1) is 13.8 Å². The Balaban J connectivity index is 1.51. The number of hydrogen-bond acceptors (Lipinski definition) is 4. The zero-order chi connectivity index (χ0) is 18.8. The molecule has 6 nitrogen and oxygen atoms in total. The number of carbonyl (C=O) groups excluding carboxylic acids is 1. The molecule has 0 saturated carbocycles. The lowest BCUT2D eigenvalue weighted by Gasteiger charge is -2.14. The second-order valence-corrected chi connectivity index (χ2v) is 6.86. The number of fused-ring (bicyclic) bond motifs is 1. The molecule has 1 amide bonds. The van der Waals surface area contributed by atoms with Crippen LogP contribution in [-0.4, -0.2) is 21.1 Å². The molecule has 0 saturated heterocycles. The van der Waals surface area contributed by atoms with E-state index in [1.165, 1.54) is 0 Å². The molecule has 0 radical (unpaired) electrons. The van der Waals surface area contributed by atoms with Gasteiger partial charge in [-0.25, -0.2) is 4.98 Å². The number of hydrogen-bond donors (Lipinski definition) is 2. The summed E-state index contributed by atoms with van der Waals surface area (Å²) in [5, 5.41) is 10.1. The highest BCUT2D eigenvalue weighted by Crippen LogP contribution is 2.29. The molecule has 1 aliphatic rings. The highest BCUT2D eigenvalue weighted by molar-refractivity contribution is 5.94. The Kier molecular flexibility index (Phi) is 4.62. The molecule has 4 rings (SSSR count). The summed E-state index contributed by atoms with van der Waals surface area (Å²) in [5.74, 6) is 1.13. The van der Waals surface area contributed by atoms with Gasteiger partial charge in [0.2, 0.25) is 5.88 Å². The molecule has 0 spiro atoms. The van der Waals surface area contributed by atoms with Gasteiger partial charge in [-0.1, -0.05) is 24.3 Å². The molecule has 1 aromatic carbocycles. The fourth-order valence-electron chi connectivity index (χ4n) is 3.47. The van der Waals surface area contributed by atoms with Gasteiger partial charge in [-0.15, -0.1) is 0 Å². The van der Waals surface area contributed by atoms with E-state index in [0.29, 0.717) is 18.1 Å². The van der Waals surface area contributed by atoms with E-state index in [0.717, 1.165) is 53.0 Å². The first kappa shape index (κ1) is 17.3. The van der Waals surface area contributed by atoms with Crippen LogP contribution < -0.4 is 10.1 Å². The maximum atomic E-state index is 12.6. The lowest BCUT2D eigenvalue weighted by molar-refractivity contribution is 0.0945. The maximum Gasteiger partial charge on any atom is 0.272 e. The van der Waals surface area contributed by atoms with Crippen molar-refractivity contribution in [3.63, 3.8) is 0 Å². The number of nitrogens with zero attached hydrogens (tertiary/aromatic N) is 2. The Bertz CT molecular complexity index is 973. The van der Waals surface area contributed by atoms with Crippen LogP contribution in [-0.2, 0) is 19.4 Å². The van der Waals surface area contributed by atoms with Crippen molar-refractivity contribution in [3.8, 4) is 11.6 Å². The summed E-state index contributed by atoms with van der Waals surface area (Å²) < 4.78 is 6.08. The van der Waals surface area contributed by atoms with Gasteiger partial charge in [0.05, 0.1) is 0 Å². The third-order valence-electron chi connectivity index (χ3n) is 4.92. The van der Waals surface area contributed by atoms with Crippen molar-refractivity contribution >= 4 is 5.91 Å². The molecule has 0 fully saturated rings. The second-order valence-electron chi connectivity index (χ2n) is 6.86. The Morgan fingerprint density at radius 2 is 2.00 bits per heavy atom. The Morgan fingerprint density at radius 1 is 1.19 bits per heavy atom. The Morgan fingerprint density at radius 3 is 2.81 bits per heavy atom. The van der Waals surface area contributed by atoms with Crippen LogP contribution in [0.4, 0.5) is 0 Å². The number of nitrogens with one attached hydrogen (secondary N) is 2. The fourth-order valence-corrected chi connectivity index (χ4v) is 3.47. The second kappa shape index (κ2) is 7.23. The van der Waals surface area contributed by atoms with Crippen LogP contribution in [0.3, 0.4) is 0 Å². The Hall–Kier alpha value is -3.15. The van der Waals surface area contributed by atoms with Crippen LogP contribution in [0.25, 0.3) is 0 Å². The highest BCUT2D eigenvalue weighted by Gasteiger charge is 2.23. The van der Waals surface area contributed by atoms with Gasteiger partial charge in [-0.2, -0.15) is 5.10 Å². The molecule has 0 bridgehead atoms. The molecule has 2 N–H and O–H groups in total. The van der Waals surface area contributed by atoms with Gasteiger partial charge in [0, 0.05) is 29.6 Å². The highest BCUT2D eigenvalue weighted by atomic mass is 16.5. The first-order chi connectivity index (χ1) is 13.1. The average Bonchev–Trinajstić information content (AvgIpc) is 3.27. The first-order valence-electron chi connectivity index (χ1n) is 9.15. The maximum absolute atomic E-state index is 12.6. The van der Waals surface area contributed by atoms with Gasteiger partial charge in [-0.3, -0.25) is 9.89 Å². The molecule has 0 aliphatic heterocycles. The number of pyridine rings is 1. The van der Waals surface area contributed by atoms with Crippen molar-refractivity contribution in [2.45, 2.75) is 39.7 Å². The molecule has 2 heterocycles. The summed E-state index contributed by atoms with van der Waals surface area (Å²) in [6.45, 7) is 4.34. The van der Waals surface area contributed by atoms with Crippen molar-refractivity contribution in [2.24, 2.45) is 0 Å². The number of amides is 1. The predicted molar refractivity (Wildman–Crippen MR) is 102 cm³/mol. The van der Waals surface area contributed by atoms with Crippen molar-refractivity contribution in [2.75, 3.05) is 0 Å².